The van der Waals surface area contributed by atoms with Gasteiger partial charge in [0.1, 0.15) is 11.6 Å². The highest BCUT2D eigenvalue weighted by atomic mass is 19.1. The molecule has 1 heterocycles. The maximum absolute atomic E-state index is 13.9. The number of hydrogen-bond donors (Lipinski definition) is 0. The van der Waals surface area contributed by atoms with Crippen molar-refractivity contribution in [1.82, 2.24) is 9.80 Å². The van der Waals surface area contributed by atoms with Crippen LogP contribution in [-0.2, 0) is 4.79 Å². The summed E-state index contributed by atoms with van der Waals surface area (Å²) < 4.78 is 27.3. The number of amides is 2. The molecule has 5 fully saturated rings. The number of hydrogen-bond acceptors (Lipinski definition) is 2. The molecule has 4 nitrogen and oxygen atoms in total. The lowest BCUT2D eigenvalue weighted by molar-refractivity contribution is -0.159. The summed E-state index contributed by atoms with van der Waals surface area (Å²) in [6.07, 6.45) is 7.00. The lowest BCUT2D eigenvalue weighted by Gasteiger charge is -2.57. The standard InChI is InChI=1S/C22H26F2N2O2/c23-17-1-2-19(24)18(10-17)20(27)25-3-5-26(6-4-25)21(28)22-11-14-7-15(12-22)9-16(8-14)13-22/h1-2,10,14-16H,3-9,11-13H2. The third kappa shape index (κ3) is 2.92. The molecule has 0 aromatic heterocycles. The number of nitrogens with zero attached hydrogens (tertiary/aromatic N) is 2. The Bertz CT molecular complexity index is 781. The Balaban J connectivity index is 1.25. The van der Waals surface area contributed by atoms with Gasteiger partial charge in [-0.2, -0.15) is 0 Å². The largest absolute Gasteiger partial charge is 0.339 e. The second kappa shape index (κ2) is 6.53. The first-order chi connectivity index (χ1) is 13.4. The molecule has 4 aliphatic carbocycles. The van der Waals surface area contributed by atoms with E-state index in [1.807, 2.05) is 4.90 Å². The van der Waals surface area contributed by atoms with Crippen LogP contribution in [0.25, 0.3) is 0 Å². The zero-order valence-corrected chi connectivity index (χ0v) is 16.0. The van der Waals surface area contributed by atoms with Crippen molar-refractivity contribution in [3.8, 4) is 0 Å². The van der Waals surface area contributed by atoms with Gasteiger partial charge in [-0.1, -0.05) is 0 Å². The Hall–Kier alpha value is -1.98. The number of carbonyl (C=O) groups excluding carboxylic acids is 2. The summed E-state index contributed by atoms with van der Waals surface area (Å²) in [7, 11) is 0. The maximum Gasteiger partial charge on any atom is 0.257 e. The first-order valence-corrected chi connectivity index (χ1v) is 10.5. The van der Waals surface area contributed by atoms with Crippen molar-refractivity contribution in [2.45, 2.75) is 38.5 Å². The third-order valence-corrected chi connectivity index (χ3v) is 7.50. The van der Waals surface area contributed by atoms with Gasteiger partial charge < -0.3 is 9.80 Å². The normalized spacial score (nSPS) is 34.0. The van der Waals surface area contributed by atoms with Gasteiger partial charge in [0.2, 0.25) is 5.91 Å². The predicted octanol–water partition coefficient (Wildman–Crippen LogP) is 3.47. The van der Waals surface area contributed by atoms with E-state index in [0.29, 0.717) is 43.9 Å². The van der Waals surface area contributed by atoms with Crippen LogP contribution in [0.15, 0.2) is 18.2 Å². The molecular formula is C22H26F2N2O2. The van der Waals surface area contributed by atoms with Gasteiger partial charge in [-0.3, -0.25) is 9.59 Å². The van der Waals surface area contributed by atoms with E-state index in [1.54, 1.807) is 0 Å². The summed E-state index contributed by atoms with van der Waals surface area (Å²) in [6.45, 7) is 1.69. The minimum Gasteiger partial charge on any atom is -0.339 e. The molecule has 1 aromatic carbocycles. The number of benzene rings is 1. The monoisotopic (exact) mass is 388 g/mol. The molecule has 0 N–H and O–H groups in total. The van der Waals surface area contributed by atoms with Crippen LogP contribution in [0.4, 0.5) is 8.78 Å². The van der Waals surface area contributed by atoms with Gasteiger partial charge in [0, 0.05) is 26.2 Å². The molecule has 150 valence electrons. The molecule has 4 saturated carbocycles. The van der Waals surface area contributed by atoms with Crippen LogP contribution in [0.1, 0.15) is 48.9 Å². The fourth-order valence-electron chi connectivity index (χ4n) is 6.65. The lowest BCUT2D eigenvalue weighted by Crippen LogP contribution is -2.58. The third-order valence-electron chi connectivity index (χ3n) is 7.50. The van der Waals surface area contributed by atoms with Crippen LogP contribution in [0.5, 0.6) is 0 Å². The van der Waals surface area contributed by atoms with E-state index in [0.717, 1.165) is 37.5 Å². The van der Waals surface area contributed by atoms with Crippen LogP contribution in [-0.4, -0.2) is 47.8 Å². The zero-order valence-electron chi connectivity index (χ0n) is 16.0. The highest BCUT2D eigenvalue weighted by Crippen LogP contribution is 2.60. The van der Waals surface area contributed by atoms with Gasteiger partial charge in [0.05, 0.1) is 11.0 Å². The van der Waals surface area contributed by atoms with Crippen LogP contribution < -0.4 is 0 Å². The number of rotatable bonds is 2. The van der Waals surface area contributed by atoms with Gasteiger partial charge >= 0.3 is 0 Å². The fourth-order valence-corrected chi connectivity index (χ4v) is 6.65. The molecular weight excluding hydrogens is 362 g/mol. The first kappa shape index (κ1) is 18.1. The Morgan fingerprint density at radius 2 is 1.39 bits per heavy atom. The molecule has 0 atom stereocenters. The molecule has 0 spiro atoms. The van der Waals surface area contributed by atoms with Gasteiger partial charge in [-0.05, 0) is 74.5 Å². The Morgan fingerprint density at radius 1 is 0.857 bits per heavy atom. The van der Waals surface area contributed by atoms with Crippen LogP contribution in [0.2, 0.25) is 0 Å². The van der Waals surface area contributed by atoms with Crippen LogP contribution in [0, 0.1) is 34.8 Å². The quantitative estimate of drug-likeness (QED) is 0.779. The molecule has 1 saturated heterocycles. The minimum absolute atomic E-state index is 0.171. The summed E-state index contributed by atoms with van der Waals surface area (Å²) >= 11 is 0. The molecule has 1 aromatic rings. The molecule has 6 rings (SSSR count). The van der Waals surface area contributed by atoms with Crippen molar-refractivity contribution in [2.24, 2.45) is 23.2 Å². The van der Waals surface area contributed by atoms with Crippen molar-refractivity contribution in [3.63, 3.8) is 0 Å². The summed E-state index contributed by atoms with van der Waals surface area (Å²) in [6, 6.07) is 2.94. The topological polar surface area (TPSA) is 40.6 Å². The van der Waals surface area contributed by atoms with Gasteiger partial charge in [0.15, 0.2) is 0 Å². The van der Waals surface area contributed by atoms with Crippen molar-refractivity contribution in [1.29, 1.82) is 0 Å². The molecule has 28 heavy (non-hydrogen) atoms. The lowest BCUT2D eigenvalue weighted by atomic mass is 9.49. The first-order valence-electron chi connectivity index (χ1n) is 10.5. The fraction of sp³-hybridized carbons (Fsp3) is 0.636. The van der Waals surface area contributed by atoms with Gasteiger partial charge in [0.25, 0.3) is 5.91 Å². The predicted molar refractivity (Wildman–Crippen MR) is 99.4 cm³/mol. The van der Waals surface area contributed by atoms with Crippen molar-refractivity contribution >= 4 is 11.8 Å². The summed E-state index contributed by atoms with van der Waals surface area (Å²) in [5.74, 6) is 0.588. The summed E-state index contributed by atoms with van der Waals surface area (Å²) in [5, 5.41) is 0. The van der Waals surface area contributed by atoms with E-state index in [-0.39, 0.29) is 16.9 Å². The average molecular weight is 388 g/mol. The highest BCUT2D eigenvalue weighted by molar-refractivity contribution is 5.94. The zero-order chi connectivity index (χ0) is 19.5. The molecule has 1 aliphatic heterocycles. The minimum atomic E-state index is -0.710. The molecule has 0 unspecified atom stereocenters. The number of carbonyl (C=O) groups is 2. The smallest absolute Gasteiger partial charge is 0.257 e. The Labute approximate surface area is 163 Å². The van der Waals surface area contributed by atoms with Crippen molar-refractivity contribution in [3.05, 3.63) is 35.4 Å². The molecule has 5 aliphatic rings. The molecule has 6 heteroatoms. The van der Waals surface area contributed by atoms with E-state index in [1.165, 1.54) is 24.2 Å². The van der Waals surface area contributed by atoms with E-state index >= 15 is 0 Å². The molecule has 4 bridgehead atoms. The molecule has 0 radical (unpaired) electrons. The second-order valence-electron chi connectivity index (χ2n) is 9.41. The highest BCUT2D eigenvalue weighted by Gasteiger charge is 2.55. The second-order valence-corrected chi connectivity index (χ2v) is 9.41. The number of piperazine rings is 1. The van der Waals surface area contributed by atoms with Crippen molar-refractivity contribution in [2.75, 3.05) is 26.2 Å². The maximum atomic E-state index is 13.9. The average Bonchev–Trinajstić information content (AvgIpc) is 2.68. The Morgan fingerprint density at radius 3 is 1.96 bits per heavy atom. The van der Waals surface area contributed by atoms with Crippen LogP contribution in [0.3, 0.4) is 0 Å². The van der Waals surface area contributed by atoms with E-state index < -0.39 is 17.5 Å². The van der Waals surface area contributed by atoms with Gasteiger partial charge in [-0.25, -0.2) is 8.78 Å². The summed E-state index contributed by atoms with van der Waals surface area (Å²) in [5.41, 5.74) is -0.406. The van der Waals surface area contributed by atoms with Crippen molar-refractivity contribution < 1.29 is 18.4 Å². The number of halogens is 2. The summed E-state index contributed by atoms with van der Waals surface area (Å²) in [4.78, 5) is 29.4. The van der Waals surface area contributed by atoms with Gasteiger partial charge in [-0.15, -0.1) is 0 Å². The van der Waals surface area contributed by atoms with Crippen LogP contribution >= 0.6 is 0 Å². The van der Waals surface area contributed by atoms with E-state index in [9.17, 15) is 18.4 Å². The SMILES string of the molecule is O=C(c1cc(F)ccc1F)N1CCN(C(=O)C23CC4CC(CC(C4)C2)C3)CC1. The Kier molecular flexibility index (Phi) is 4.21. The molecule has 2 amide bonds. The van der Waals surface area contributed by atoms with E-state index in [4.69, 9.17) is 0 Å². The van der Waals surface area contributed by atoms with E-state index in [2.05, 4.69) is 0 Å².